The van der Waals surface area contributed by atoms with Gasteiger partial charge in [0, 0.05) is 0 Å². The Hall–Kier alpha value is -2.22. The van der Waals surface area contributed by atoms with Crippen LogP contribution < -0.4 is 15.3 Å². The van der Waals surface area contributed by atoms with E-state index in [0.717, 1.165) is 12.0 Å². The molecule has 0 heterocycles. The van der Waals surface area contributed by atoms with E-state index in [-0.39, 0.29) is 19.3 Å². The van der Waals surface area contributed by atoms with Crippen molar-refractivity contribution < 1.29 is 28.3 Å². The van der Waals surface area contributed by atoms with E-state index in [1.165, 1.54) is 44.1 Å². The van der Waals surface area contributed by atoms with Gasteiger partial charge in [-0.15, -0.1) is 0 Å². The van der Waals surface area contributed by atoms with E-state index >= 15 is 0 Å². The van der Waals surface area contributed by atoms with Crippen LogP contribution in [0.1, 0.15) is 90.7 Å². The maximum atomic E-state index is 13.9. The number of unbranched alkanes of at least 4 members (excludes halogenated alkanes) is 5. The first kappa shape index (κ1) is 35.0. The number of esters is 1. The number of benzene rings is 2. The molecule has 2 aromatic rings. The van der Waals surface area contributed by atoms with E-state index < -0.39 is 24.8 Å². The van der Waals surface area contributed by atoms with E-state index in [2.05, 4.69) is 36.3 Å². The second-order valence-corrected chi connectivity index (χ2v) is 13.4. The topological polar surface area (TPSA) is 120 Å². The molecule has 0 aliphatic heterocycles. The number of aliphatic hydroxyl groups is 1. The molecular formula is C32H51N2O6P. The Labute approximate surface area is 246 Å². The van der Waals surface area contributed by atoms with Gasteiger partial charge in [0.1, 0.15) is 11.3 Å². The molecule has 2 rings (SSSR count). The van der Waals surface area contributed by atoms with Gasteiger partial charge in [0.05, 0.1) is 24.9 Å². The number of nitrogens with one attached hydrogen (secondary N) is 1. The van der Waals surface area contributed by atoms with Gasteiger partial charge in [-0.25, -0.2) is 4.57 Å². The minimum Gasteiger partial charge on any atom is -0.462 e. The van der Waals surface area contributed by atoms with Gasteiger partial charge in [-0.2, -0.15) is 5.09 Å². The molecule has 0 saturated carbocycles. The summed E-state index contributed by atoms with van der Waals surface area (Å²) in [5.74, 6) is -0.307. The van der Waals surface area contributed by atoms with Gasteiger partial charge in [0.2, 0.25) is 0 Å². The molecule has 2 atom stereocenters. The van der Waals surface area contributed by atoms with Crippen LogP contribution in [-0.4, -0.2) is 41.5 Å². The standard InChI is InChI=1S/C32H51N2O6P/c1-6-7-8-9-10-12-15-27-18-20-28(21-19-27)22-23-32(33,24-35)25-38-41(37,40-29-16-13-11-14-17-29)34-31(4,5)30(36)39-26(2)3/h11,13-14,16-21,26,35H,6-10,12,15,22-25,33H2,1-5H3,(H,34,37). The molecule has 230 valence electrons. The first-order valence-electron chi connectivity index (χ1n) is 14.9. The van der Waals surface area contributed by atoms with Crippen LogP contribution >= 0.6 is 7.75 Å². The third-order valence-corrected chi connectivity index (χ3v) is 8.58. The van der Waals surface area contributed by atoms with Crippen LogP contribution in [0.4, 0.5) is 0 Å². The smallest absolute Gasteiger partial charge is 0.459 e. The highest BCUT2D eigenvalue weighted by Crippen LogP contribution is 2.47. The Bertz CT molecular complexity index is 1080. The summed E-state index contributed by atoms with van der Waals surface area (Å²) < 4.78 is 30.8. The van der Waals surface area contributed by atoms with Gasteiger partial charge < -0.3 is 20.1 Å². The molecule has 0 aliphatic carbocycles. The number of hydrogen-bond donors (Lipinski definition) is 3. The van der Waals surface area contributed by atoms with E-state index in [4.69, 9.17) is 19.5 Å². The molecule has 8 nitrogen and oxygen atoms in total. The van der Waals surface area contributed by atoms with Crippen molar-refractivity contribution in [3.05, 3.63) is 65.7 Å². The van der Waals surface area contributed by atoms with Crippen LogP contribution in [0.25, 0.3) is 0 Å². The molecule has 0 aliphatic rings. The molecule has 2 unspecified atom stereocenters. The van der Waals surface area contributed by atoms with Crippen LogP contribution in [0, 0.1) is 0 Å². The molecule has 0 aromatic heterocycles. The van der Waals surface area contributed by atoms with Crippen LogP contribution in [0.15, 0.2) is 54.6 Å². The molecule has 0 amide bonds. The lowest BCUT2D eigenvalue weighted by Crippen LogP contribution is -2.51. The van der Waals surface area contributed by atoms with Gasteiger partial charge in [-0.1, -0.05) is 81.5 Å². The Balaban J connectivity index is 2.02. The number of ether oxygens (including phenoxy) is 1. The summed E-state index contributed by atoms with van der Waals surface area (Å²) in [6.07, 6.45) is 9.37. The number of carbonyl (C=O) groups excluding carboxylic acids is 1. The molecule has 41 heavy (non-hydrogen) atoms. The van der Waals surface area contributed by atoms with Gasteiger partial charge in [-0.05, 0) is 76.6 Å². The van der Waals surface area contributed by atoms with Crippen molar-refractivity contribution >= 4 is 13.7 Å². The van der Waals surface area contributed by atoms with Crippen LogP contribution in [0.3, 0.4) is 0 Å². The summed E-state index contributed by atoms with van der Waals surface area (Å²) in [7, 11) is -4.13. The molecule has 9 heteroatoms. The fraction of sp³-hybridized carbons (Fsp3) is 0.594. The monoisotopic (exact) mass is 590 g/mol. The summed E-state index contributed by atoms with van der Waals surface area (Å²) in [5, 5.41) is 12.9. The van der Waals surface area contributed by atoms with Crippen molar-refractivity contribution in [2.75, 3.05) is 13.2 Å². The lowest BCUT2D eigenvalue weighted by atomic mass is 9.93. The number of aliphatic hydroxyl groups excluding tert-OH is 1. The highest BCUT2D eigenvalue weighted by atomic mass is 31.2. The van der Waals surface area contributed by atoms with Gasteiger partial charge in [0.15, 0.2) is 0 Å². The molecule has 4 N–H and O–H groups in total. The highest BCUT2D eigenvalue weighted by molar-refractivity contribution is 7.52. The average molecular weight is 591 g/mol. The molecular weight excluding hydrogens is 539 g/mol. The number of nitrogens with two attached hydrogens (primary N) is 1. The minimum absolute atomic E-state index is 0.258. The van der Waals surface area contributed by atoms with E-state index in [0.29, 0.717) is 18.6 Å². The van der Waals surface area contributed by atoms with Crippen molar-refractivity contribution in [2.45, 2.75) is 110 Å². The lowest BCUT2D eigenvalue weighted by Gasteiger charge is -2.33. The van der Waals surface area contributed by atoms with Gasteiger partial charge >= 0.3 is 13.7 Å². The molecule has 0 spiro atoms. The molecule has 2 aromatic carbocycles. The summed E-state index contributed by atoms with van der Waals surface area (Å²) in [6, 6.07) is 17.0. The SMILES string of the molecule is CCCCCCCCc1ccc(CCC(N)(CO)COP(=O)(NC(C)(C)C(=O)OC(C)C)Oc2ccccc2)cc1. The first-order chi connectivity index (χ1) is 19.4. The zero-order valence-electron chi connectivity index (χ0n) is 25.6. The number of carbonyl (C=O) groups is 1. The Morgan fingerprint density at radius 1 is 0.951 bits per heavy atom. The van der Waals surface area contributed by atoms with Gasteiger partial charge in [0.25, 0.3) is 0 Å². The summed E-state index contributed by atoms with van der Waals surface area (Å²) in [5.41, 5.74) is 6.35. The molecule has 0 saturated heterocycles. The van der Waals surface area contributed by atoms with E-state index in [1.807, 2.05) is 0 Å². The molecule has 0 radical (unpaired) electrons. The van der Waals surface area contributed by atoms with Crippen LogP contribution in [0.2, 0.25) is 0 Å². The first-order valence-corrected chi connectivity index (χ1v) is 16.4. The second kappa shape index (κ2) is 17.0. The fourth-order valence-corrected chi connectivity index (χ4v) is 6.00. The third kappa shape index (κ3) is 13.1. The van der Waals surface area contributed by atoms with Crippen molar-refractivity contribution in [1.29, 1.82) is 0 Å². The largest absolute Gasteiger partial charge is 0.462 e. The van der Waals surface area contributed by atoms with Crippen molar-refractivity contribution in [3.8, 4) is 5.75 Å². The Morgan fingerprint density at radius 3 is 2.12 bits per heavy atom. The Kier molecular flexibility index (Phi) is 14.5. The highest BCUT2D eigenvalue weighted by Gasteiger charge is 2.42. The average Bonchev–Trinajstić information content (AvgIpc) is 2.93. The van der Waals surface area contributed by atoms with E-state index in [1.54, 1.807) is 58.0 Å². The second-order valence-electron chi connectivity index (χ2n) is 11.7. The minimum atomic E-state index is -4.13. The number of aryl methyl sites for hydroxylation is 2. The predicted octanol–water partition coefficient (Wildman–Crippen LogP) is 6.74. The maximum Gasteiger partial charge on any atom is 0.459 e. The van der Waals surface area contributed by atoms with Gasteiger partial charge in [-0.3, -0.25) is 9.32 Å². The fourth-order valence-electron chi connectivity index (χ4n) is 4.24. The summed E-state index contributed by atoms with van der Waals surface area (Å²) in [4.78, 5) is 12.7. The maximum absolute atomic E-state index is 13.9. The van der Waals surface area contributed by atoms with Crippen LogP contribution in [0.5, 0.6) is 5.75 Å². The number of para-hydroxylation sites is 1. The number of rotatable bonds is 20. The predicted molar refractivity (Wildman–Crippen MR) is 165 cm³/mol. The Morgan fingerprint density at radius 2 is 1.54 bits per heavy atom. The lowest BCUT2D eigenvalue weighted by molar-refractivity contribution is -0.153. The van der Waals surface area contributed by atoms with Crippen molar-refractivity contribution in [2.24, 2.45) is 5.73 Å². The van der Waals surface area contributed by atoms with Crippen LogP contribution in [-0.2, 0) is 31.5 Å². The summed E-state index contributed by atoms with van der Waals surface area (Å²) in [6.45, 7) is 8.14. The third-order valence-electron chi connectivity index (χ3n) is 6.83. The summed E-state index contributed by atoms with van der Waals surface area (Å²) >= 11 is 0. The quantitative estimate of drug-likeness (QED) is 0.0882. The van der Waals surface area contributed by atoms with Crippen molar-refractivity contribution in [1.82, 2.24) is 5.09 Å². The zero-order valence-corrected chi connectivity index (χ0v) is 26.5. The normalized spacial score (nSPS) is 14.8. The molecule has 0 fully saturated rings. The van der Waals surface area contributed by atoms with E-state index in [9.17, 15) is 14.5 Å². The van der Waals surface area contributed by atoms with Crippen molar-refractivity contribution in [3.63, 3.8) is 0 Å². The molecule has 0 bridgehead atoms. The zero-order chi connectivity index (χ0) is 30.4. The number of hydrogen-bond acceptors (Lipinski definition) is 7.